The molecule has 7 heavy (non-hydrogen) atoms. The van der Waals surface area contributed by atoms with E-state index in [4.69, 9.17) is 0 Å². The largest absolute Gasteiger partial charge is 2.00 e. The summed E-state index contributed by atoms with van der Waals surface area (Å²) in [4.78, 5) is 3.50. The average Bonchev–Trinajstić information content (AvgIpc) is 1.76. The molecule has 0 saturated heterocycles. The van der Waals surface area contributed by atoms with Gasteiger partial charge in [0.25, 0.3) is 0 Å². The van der Waals surface area contributed by atoms with Gasteiger partial charge in [0.15, 0.2) is 0 Å². The standard InChI is InChI=1S/C3H2NO.CH3.W/c1-2-5-3-4-1;;/h1,3H;1H3;/q2*-1;+2. The van der Waals surface area contributed by atoms with E-state index in [2.05, 4.69) is 15.7 Å². The van der Waals surface area contributed by atoms with Gasteiger partial charge in [-0.05, 0) is 6.20 Å². The summed E-state index contributed by atoms with van der Waals surface area (Å²) in [5, 5.41) is 0. The van der Waals surface area contributed by atoms with E-state index in [1.165, 1.54) is 12.6 Å². The van der Waals surface area contributed by atoms with E-state index < -0.39 is 0 Å². The molecule has 1 rings (SSSR count). The normalized spacial score (nSPS) is 5.71. The van der Waals surface area contributed by atoms with E-state index in [1.54, 1.807) is 0 Å². The van der Waals surface area contributed by atoms with Crippen LogP contribution in [-0.4, -0.2) is 4.98 Å². The summed E-state index contributed by atoms with van der Waals surface area (Å²) in [6, 6.07) is 0. The van der Waals surface area contributed by atoms with E-state index in [1.807, 2.05) is 0 Å². The third-order valence-electron chi connectivity index (χ3n) is 0.309. The fraction of sp³-hybridized carbons (Fsp3) is 0. The topological polar surface area (TPSA) is 26.0 Å². The van der Waals surface area contributed by atoms with Crippen LogP contribution in [0.15, 0.2) is 17.0 Å². The molecule has 0 aliphatic rings. The maximum atomic E-state index is 4.35. The fourth-order valence-electron chi connectivity index (χ4n) is 0.152. The van der Waals surface area contributed by atoms with E-state index in [-0.39, 0.29) is 28.5 Å². The van der Waals surface area contributed by atoms with Crippen LogP contribution in [-0.2, 0) is 21.1 Å². The quantitative estimate of drug-likeness (QED) is 0.653. The molecule has 1 aromatic heterocycles. The number of hydrogen-bond donors (Lipinski definition) is 0. The molecule has 0 unspecified atom stereocenters. The molecule has 0 aliphatic carbocycles. The summed E-state index contributed by atoms with van der Waals surface area (Å²) < 4.78 is 4.35. The minimum atomic E-state index is 0. The van der Waals surface area contributed by atoms with Gasteiger partial charge in [-0.1, -0.05) is 6.26 Å². The SMILES string of the molecule is [CH3-].[W+2].[c-]1cnco1. The first kappa shape index (κ1) is 10.0. The Balaban J connectivity index is 0. The van der Waals surface area contributed by atoms with E-state index >= 15 is 0 Å². The van der Waals surface area contributed by atoms with Gasteiger partial charge in [0.2, 0.25) is 0 Å². The van der Waals surface area contributed by atoms with Crippen molar-refractivity contribution in [2.24, 2.45) is 0 Å². The van der Waals surface area contributed by atoms with Gasteiger partial charge in [0, 0.05) is 6.39 Å². The van der Waals surface area contributed by atoms with Crippen molar-refractivity contribution in [1.29, 1.82) is 0 Å². The van der Waals surface area contributed by atoms with Crippen LogP contribution in [0.1, 0.15) is 0 Å². The second-order valence-corrected chi connectivity index (χ2v) is 0.619. The third-order valence-corrected chi connectivity index (χ3v) is 0.309. The Hall–Kier alpha value is -0.102. The monoisotopic (exact) mass is 267 g/mol. The minimum absolute atomic E-state index is 0. The molecule has 0 amide bonds. The zero-order valence-corrected chi connectivity index (χ0v) is 6.85. The number of aromatic nitrogens is 1. The van der Waals surface area contributed by atoms with Crippen molar-refractivity contribution in [3.8, 4) is 0 Å². The minimum Gasteiger partial charge on any atom is -0.632 e. The molecule has 1 aromatic rings. The van der Waals surface area contributed by atoms with Gasteiger partial charge in [-0.2, -0.15) is 0 Å². The van der Waals surface area contributed by atoms with Crippen LogP contribution in [0.2, 0.25) is 0 Å². The van der Waals surface area contributed by atoms with Gasteiger partial charge in [-0.3, -0.25) is 0 Å². The predicted molar refractivity (Wildman–Crippen MR) is 21.8 cm³/mol. The van der Waals surface area contributed by atoms with E-state index in [0.29, 0.717) is 0 Å². The van der Waals surface area contributed by atoms with Gasteiger partial charge in [0.1, 0.15) is 0 Å². The Labute approximate surface area is 57.2 Å². The Morgan fingerprint density at radius 3 is 2.43 bits per heavy atom. The van der Waals surface area contributed by atoms with Crippen LogP contribution >= 0.6 is 0 Å². The summed E-state index contributed by atoms with van der Waals surface area (Å²) >= 11 is 0. The molecule has 0 radical (unpaired) electrons. The van der Waals surface area contributed by atoms with E-state index in [9.17, 15) is 0 Å². The molecule has 0 fully saturated rings. The first-order chi connectivity index (χ1) is 2.50. The molecule has 3 heteroatoms. The molecule has 0 N–H and O–H groups in total. The number of oxazole rings is 1. The molecule has 1 heterocycles. The third kappa shape index (κ3) is 3.74. The van der Waals surface area contributed by atoms with Gasteiger partial charge < -0.3 is 16.8 Å². The van der Waals surface area contributed by atoms with E-state index in [0.717, 1.165) is 0 Å². The molecule has 0 aromatic carbocycles. The van der Waals surface area contributed by atoms with Crippen molar-refractivity contribution in [1.82, 2.24) is 4.98 Å². The second kappa shape index (κ2) is 5.90. The van der Waals surface area contributed by atoms with Crippen molar-refractivity contribution in [2.45, 2.75) is 0 Å². The number of rotatable bonds is 0. The van der Waals surface area contributed by atoms with Crippen molar-refractivity contribution in [3.05, 3.63) is 26.3 Å². The van der Waals surface area contributed by atoms with Gasteiger partial charge >= 0.3 is 21.1 Å². The van der Waals surface area contributed by atoms with Crippen molar-refractivity contribution < 1.29 is 25.5 Å². The Morgan fingerprint density at radius 1 is 1.57 bits per heavy atom. The van der Waals surface area contributed by atoms with Gasteiger partial charge in [-0.25, -0.2) is 0 Å². The zero-order chi connectivity index (χ0) is 3.54. The maximum absolute atomic E-state index is 4.35. The Kier molecular flexibility index (Phi) is 8.43. The summed E-state index contributed by atoms with van der Waals surface area (Å²) in [5.41, 5.74) is 0. The Morgan fingerprint density at radius 2 is 2.29 bits per heavy atom. The first-order valence-corrected chi connectivity index (χ1v) is 1.24. The van der Waals surface area contributed by atoms with Crippen molar-refractivity contribution in [3.63, 3.8) is 0 Å². The zero-order valence-electron chi connectivity index (χ0n) is 3.92. The number of nitrogens with zero attached hydrogens (tertiary/aromatic N) is 1. The molecule has 0 saturated carbocycles. The van der Waals surface area contributed by atoms with Gasteiger partial charge in [-0.15, -0.1) is 0 Å². The first-order valence-electron chi connectivity index (χ1n) is 1.24. The molecular weight excluding hydrogens is 262 g/mol. The molecule has 2 nitrogen and oxygen atoms in total. The van der Waals surface area contributed by atoms with Crippen molar-refractivity contribution >= 4 is 0 Å². The number of hydrogen-bond acceptors (Lipinski definition) is 2. The van der Waals surface area contributed by atoms with Crippen LogP contribution in [0.4, 0.5) is 0 Å². The summed E-state index contributed by atoms with van der Waals surface area (Å²) in [6.45, 7) is 0. The summed E-state index contributed by atoms with van der Waals surface area (Å²) in [5.74, 6) is 0. The maximum Gasteiger partial charge on any atom is 2.00 e. The Bertz CT molecular complexity index is 68.2. The van der Waals surface area contributed by atoms with Crippen LogP contribution in [0, 0.1) is 13.7 Å². The summed E-state index contributed by atoms with van der Waals surface area (Å²) in [7, 11) is 0. The molecule has 0 bridgehead atoms. The smallest absolute Gasteiger partial charge is 0.632 e. The summed E-state index contributed by atoms with van der Waals surface area (Å²) in [6.07, 6.45) is 5.15. The van der Waals surface area contributed by atoms with Crippen LogP contribution < -0.4 is 0 Å². The molecule has 0 spiro atoms. The van der Waals surface area contributed by atoms with Crippen molar-refractivity contribution in [2.75, 3.05) is 0 Å². The molecule has 0 atom stereocenters. The second-order valence-electron chi connectivity index (χ2n) is 0.619. The van der Waals surface area contributed by atoms with Crippen LogP contribution in [0.25, 0.3) is 0 Å². The molecular formula is C4H5NOW. The molecule has 38 valence electrons. The van der Waals surface area contributed by atoms with Crippen LogP contribution in [0.3, 0.4) is 0 Å². The average molecular weight is 267 g/mol. The van der Waals surface area contributed by atoms with Crippen LogP contribution in [0.5, 0.6) is 0 Å². The fourth-order valence-corrected chi connectivity index (χ4v) is 0.152. The predicted octanol–water partition coefficient (Wildman–Crippen LogP) is 0.923. The van der Waals surface area contributed by atoms with Gasteiger partial charge in [0.05, 0.1) is 0 Å². The molecule has 0 aliphatic heterocycles.